The fourth-order valence-electron chi connectivity index (χ4n) is 3.30. The summed E-state index contributed by atoms with van der Waals surface area (Å²) < 4.78 is 10.9. The lowest BCUT2D eigenvalue weighted by Crippen LogP contribution is -2.18. The van der Waals surface area contributed by atoms with Crippen LogP contribution in [0, 0.1) is 16.7 Å². The van der Waals surface area contributed by atoms with E-state index in [1.807, 2.05) is 13.0 Å². The van der Waals surface area contributed by atoms with Gasteiger partial charge in [-0.1, -0.05) is 33.8 Å². The zero-order valence-corrected chi connectivity index (χ0v) is 14.2. The smallest absolute Gasteiger partial charge is 0.161 e. The Morgan fingerprint density at radius 1 is 1.10 bits per heavy atom. The van der Waals surface area contributed by atoms with E-state index in [-0.39, 0.29) is 0 Å². The Labute approximate surface area is 129 Å². The molecule has 1 fully saturated rings. The molecule has 1 aromatic rings. The Kier molecular flexibility index (Phi) is 4.52. The van der Waals surface area contributed by atoms with Crippen molar-refractivity contribution in [1.29, 1.82) is 0 Å². The van der Waals surface area contributed by atoms with E-state index < -0.39 is 0 Å². The monoisotopic (exact) mass is 291 g/mol. The normalized spacial score (nSPS) is 19.3. The van der Waals surface area contributed by atoms with Gasteiger partial charge in [-0.15, -0.1) is 0 Å². The van der Waals surface area contributed by atoms with Crippen LogP contribution in [-0.4, -0.2) is 20.3 Å². The van der Waals surface area contributed by atoms with Gasteiger partial charge in [-0.3, -0.25) is 0 Å². The van der Waals surface area contributed by atoms with Crippen LogP contribution in [0.1, 0.15) is 40.2 Å². The van der Waals surface area contributed by atoms with Gasteiger partial charge < -0.3 is 14.8 Å². The van der Waals surface area contributed by atoms with Gasteiger partial charge in [-0.05, 0) is 47.9 Å². The molecule has 0 spiro atoms. The van der Waals surface area contributed by atoms with Crippen LogP contribution in [0.2, 0.25) is 0 Å². The first-order chi connectivity index (χ1) is 9.84. The van der Waals surface area contributed by atoms with E-state index in [2.05, 4.69) is 45.1 Å². The summed E-state index contributed by atoms with van der Waals surface area (Å²) in [4.78, 5) is 0. The van der Waals surface area contributed by atoms with Gasteiger partial charge in [-0.25, -0.2) is 0 Å². The molecule has 1 saturated carbocycles. The van der Waals surface area contributed by atoms with Crippen LogP contribution >= 0.6 is 0 Å². The summed E-state index contributed by atoms with van der Waals surface area (Å²) in [5, 5.41) is 3.58. The molecule has 21 heavy (non-hydrogen) atoms. The first kappa shape index (κ1) is 16.2. The van der Waals surface area contributed by atoms with Crippen molar-refractivity contribution in [3.8, 4) is 11.5 Å². The quantitative estimate of drug-likeness (QED) is 0.827. The zero-order valence-electron chi connectivity index (χ0n) is 14.2. The van der Waals surface area contributed by atoms with E-state index in [0.29, 0.717) is 17.4 Å². The van der Waals surface area contributed by atoms with Crippen molar-refractivity contribution in [3.05, 3.63) is 23.8 Å². The minimum absolute atomic E-state index is 0.441. The van der Waals surface area contributed by atoms with Crippen molar-refractivity contribution in [2.24, 2.45) is 16.7 Å². The van der Waals surface area contributed by atoms with Crippen molar-refractivity contribution in [3.63, 3.8) is 0 Å². The molecule has 3 heteroatoms. The van der Waals surface area contributed by atoms with Crippen LogP contribution in [0.15, 0.2) is 18.2 Å². The van der Waals surface area contributed by atoms with Gasteiger partial charge in [-0.2, -0.15) is 0 Å². The summed E-state index contributed by atoms with van der Waals surface area (Å²) in [7, 11) is 1.68. The third-order valence-corrected chi connectivity index (χ3v) is 5.53. The van der Waals surface area contributed by atoms with Crippen molar-refractivity contribution >= 4 is 0 Å². The van der Waals surface area contributed by atoms with Crippen molar-refractivity contribution in [2.45, 2.75) is 41.2 Å². The maximum Gasteiger partial charge on any atom is 0.161 e. The topological polar surface area (TPSA) is 30.5 Å². The highest BCUT2D eigenvalue weighted by molar-refractivity contribution is 5.42. The molecule has 0 heterocycles. The highest BCUT2D eigenvalue weighted by atomic mass is 16.5. The van der Waals surface area contributed by atoms with Gasteiger partial charge in [0.25, 0.3) is 0 Å². The number of ether oxygens (including phenoxy) is 2. The lowest BCUT2D eigenvalue weighted by atomic mass is 10.0. The predicted molar refractivity (Wildman–Crippen MR) is 86.9 cm³/mol. The molecule has 118 valence electrons. The SMILES string of the molecule is CCOc1ccc(CNCC2C(C)(C)C2(C)C)cc1OC. The largest absolute Gasteiger partial charge is 0.493 e. The zero-order chi connectivity index (χ0) is 15.7. The van der Waals surface area contributed by atoms with Gasteiger partial charge in [0.2, 0.25) is 0 Å². The van der Waals surface area contributed by atoms with Crippen LogP contribution in [0.25, 0.3) is 0 Å². The van der Waals surface area contributed by atoms with E-state index in [4.69, 9.17) is 9.47 Å². The maximum absolute atomic E-state index is 5.54. The number of hydrogen-bond acceptors (Lipinski definition) is 3. The average molecular weight is 291 g/mol. The van der Waals surface area contributed by atoms with Crippen LogP contribution in [-0.2, 0) is 6.54 Å². The predicted octanol–water partition coefficient (Wildman–Crippen LogP) is 3.87. The lowest BCUT2D eigenvalue weighted by molar-refractivity contribution is 0.310. The van der Waals surface area contributed by atoms with E-state index >= 15 is 0 Å². The summed E-state index contributed by atoms with van der Waals surface area (Å²) in [6, 6.07) is 6.15. The van der Waals surface area contributed by atoms with Gasteiger partial charge in [0.1, 0.15) is 0 Å². The van der Waals surface area contributed by atoms with E-state index in [1.54, 1.807) is 7.11 Å². The number of nitrogens with one attached hydrogen (secondary N) is 1. The molecule has 1 aliphatic rings. The molecule has 2 rings (SSSR count). The number of rotatable bonds is 7. The molecule has 0 saturated heterocycles. The average Bonchev–Trinajstić information content (AvgIpc) is 2.82. The van der Waals surface area contributed by atoms with Crippen LogP contribution < -0.4 is 14.8 Å². The summed E-state index contributed by atoms with van der Waals surface area (Å²) in [5.74, 6) is 2.37. The molecule has 0 aliphatic heterocycles. The van der Waals surface area contributed by atoms with Gasteiger partial charge in [0, 0.05) is 6.54 Å². The second-order valence-corrected chi connectivity index (χ2v) is 7.05. The minimum atomic E-state index is 0.441. The third-order valence-electron chi connectivity index (χ3n) is 5.53. The first-order valence-electron chi connectivity index (χ1n) is 7.85. The highest BCUT2D eigenvalue weighted by Crippen LogP contribution is 2.67. The molecule has 0 unspecified atom stereocenters. The second-order valence-electron chi connectivity index (χ2n) is 7.05. The number of benzene rings is 1. The molecular formula is C18H29NO2. The van der Waals surface area contributed by atoms with Crippen molar-refractivity contribution in [1.82, 2.24) is 5.32 Å². The Morgan fingerprint density at radius 2 is 1.76 bits per heavy atom. The van der Waals surface area contributed by atoms with Gasteiger partial charge in [0.15, 0.2) is 11.5 Å². The molecule has 1 aliphatic carbocycles. The Balaban J connectivity index is 1.90. The minimum Gasteiger partial charge on any atom is -0.493 e. The molecule has 3 nitrogen and oxygen atoms in total. The second kappa shape index (κ2) is 5.88. The molecule has 0 atom stereocenters. The Hall–Kier alpha value is -1.22. The fourth-order valence-corrected chi connectivity index (χ4v) is 3.30. The molecule has 0 amide bonds. The van der Waals surface area contributed by atoms with Crippen LogP contribution in [0.5, 0.6) is 11.5 Å². The lowest BCUT2D eigenvalue weighted by Gasteiger charge is -2.12. The van der Waals surface area contributed by atoms with Gasteiger partial charge in [0.05, 0.1) is 13.7 Å². The van der Waals surface area contributed by atoms with Crippen LogP contribution in [0.3, 0.4) is 0 Å². The Bertz CT molecular complexity index is 480. The van der Waals surface area contributed by atoms with E-state index in [1.165, 1.54) is 5.56 Å². The Morgan fingerprint density at radius 3 is 2.29 bits per heavy atom. The number of methoxy groups -OCH3 is 1. The summed E-state index contributed by atoms with van der Waals surface area (Å²) in [5.41, 5.74) is 2.11. The number of hydrogen-bond donors (Lipinski definition) is 1. The highest BCUT2D eigenvalue weighted by Gasteiger charge is 2.63. The first-order valence-corrected chi connectivity index (χ1v) is 7.85. The maximum atomic E-state index is 5.54. The molecule has 0 aromatic heterocycles. The molecule has 0 radical (unpaired) electrons. The molecule has 1 N–H and O–H groups in total. The fraction of sp³-hybridized carbons (Fsp3) is 0.667. The van der Waals surface area contributed by atoms with Crippen molar-refractivity contribution < 1.29 is 9.47 Å². The summed E-state index contributed by atoms with van der Waals surface area (Å²) in [6.45, 7) is 14.0. The van der Waals surface area contributed by atoms with E-state index in [0.717, 1.165) is 30.5 Å². The standard InChI is InChI=1S/C18H29NO2/c1-7-21-14-9-8-13(10-15(14)20-6)11-19-12-16-17(2,3)18(16,4)5/h8-10,16,19H,7,11-12H2,1-6H3. The molecular weight excluding hydrogens is 262 g/mol. The summed E-state index contributed by atoms with van der Waals surface area (Å²) >= 11 is 0. The van der Waals surface area contributed by atoms with Crippen LogP contribution in [0.4, 0.5) is 0 Å². The molecule has 1 aromatic carbocycles. The summed E-state index contributed by atoms with van der Waals surface area (Å²) in [6.07, 6.45) is 0. The van der Waals surface area contributed by atoms with Crippen molar-refractivity contribution in [2.75, 3.05) is 20.3 Å². The van der Waals surface area contributed by atoms with Gasteiger partial charge >= 0.3 is 0 Å². The third kappa shape index (κ3) is 3.03. The van der Waals surface area contributed by atoms with E-state index in [9.17, 15) is 0 Å². The molecule has 0 bridgehead atoms.